The minimum absolute atomic E-state index is 0.118. The summed E-state index contributed by atoms with van der Waals surface area (Å²) in [4.78, 5) is 28.8. The molecule has 2 aromatic heterocycles. The topological polar surface area (TPSA) is 168 Å². The molecule has 34 heavy (non-hydrogen) atoms. The molecule has 3 rings (SSSR count). The quantitative estimate of drug-likeness (QED) is 0.438. The second-order valence-corrected chi connectivity index (χ2v) is 8.49. The molecule has 2 aromatic rings. The molecule has 0 unspecified atom stereocenters. The monoisotopic (exact) mass is 475 g/mol. The number of esters is 1. The molecule has 0 radical (unpaired) electrons. The van der Waals surface area contributed by atoms with Crippen LogP contribution in [0.4, 0.5) is 5.82 Å². The van der Waals surface area contributed by atoms with Crippen molar-refractivity contribution in [3.05, 3.63) is 24.2 Å². The van der Waals surface area contributed by atoms with E-state index in [1.165, 1.54) is 37.9 Å². The molecule has 0 aromatic carbocycles. The smallest absolute Gasteiger partial charge is 0.338 e. The Bertz CT molecular complexity index is 1090. The van der Waals surface area contributed by atoms with Crippen molar-refractivity contribution in [2.24, 2.45) is 0 Å². The van der Waals surface area contributed by atoms with E-state index in [4.69, 9.17) is 14.2 Å². The summed E-state index contributed by atoms with van der Waals surface area (Å²) in [6.45, 7) is 4.32. The number of ether oxygens (including phenoxy) is 3. The molecule has 12 nitrogen and oxygen atoms in total. The van der Waals surface area contributed by atoms with E-state index in [2.05, 4.69) is 15.4 Å². The van der Waals surface area contributed by atoms with Gasteiger partial charge < -0.3 is 29.7 Å². The van der Waals surface area contributed by atoms with Crippen molar-refractivity contribution < 1.29 is 34.0 Å². The molecule has 3 N–H and O–H groups in total. The molecule has 1 saturated heterocycles. The molecule has 0 aliphatic carbocycles. The SMILES string of the molecule is CCCCC(=O)Nc1ncnn2c([C@]3(C#N)O[C@H](CO)[C@@H](OC(=O)C(C)(C)OC)[C@H]3O)ccc12. The van der Waals surface area contributed by atoms with Crippen LogP contribution in [0.5, 0.6) is 0 Å². The largest absolute Gasteiger partial charge is 0.454 e. The highest BCUT2D eigenvalue weighted by atomic mass is 16.6. The molecular formula is C22H29N5O7. The number of amides is 1. The van der Waals surface area contributed by atoms with E-state index in [0.717, 1.165) is 12.8 Å². The molecule has 1 amide bonds. The second kappa shape index (κ2) is 10.0. The first kappa shape index (κ1) is 25.5. The number of anilines is 1. The minimum atomic E-state index is -2.03. The molecular weight excluding hydrogens is 446 g/mol. The van der Waals surface area contributed by atoms with Gasteiger partial charge in [0.1, 0.15) is 30.1 Å². The minimum Gasteiger partial charge on any atom is -0.454 e. The number of carbonyl (C=O) groups excluding carboxylic acids is 2. The summed E-state index contributed by atoms with van der Waals surface area (Å²) >= 11 is 0. The molecule has 184 valence electrons. The predicted octanol–water partition coefficient (Wildman–Crippen LogP) is 0.666. The van der Waals surface area contributed by atoms with E-state index in [0.29, 0.717) is 11.9 Å². The highest BCUT2D eigenvalue weighted by Crippen LogP contribution is 2.42. The van der Waals surface area contributed by atoms with Crippen LogP contribution in [0.2, 0.25) is 0 Å². The summed E-state index contributed by atoms with van der Waals surface area (Å²) in [6, 6.07) is 5.02. The maximum Gasteiger partial charge on any atom is 0.338 e. The number of aromatic nitrogens is 3. The Kier molecular flexibility index (Phi) is 7.52. The number of methoxy groups -OCH3 is 1. The zero-order chi connectivity index (χ0) is 25.1. The fraction of sp³-hybridized carbons (Fsp3) is 0.591. The Balaban J connectivity index is 1.98. The van der Waals surface area contributed by atoms with Gasteiger partial charge >= 0.3 is 5.97 Å². The average Bonchev–Trinajstić information content (AvgIpc) is 3.38. The second-order valence-electron chi connectivity index (χ2n) is 8.49. The standard InChI is InChI=1S/C22H29N5O7/c1-5-6-7-16(29)26-19-13-8-9-15(27(13)25-12-24-19)22(11-23)18(30)17(14(10-28)34-22)33-20(31)21(2,3)32-4/h8-9,12,14,17-18,28,30H,5-7,10H2,1-4H3,(H,24,25,26,29)/t14-,17-,18-,22+/m1/s1. The number of rotatable bonds is 9. The Morgan fingerprint density at radius 2 is 2.15 bits per heavy atom. The number of nitrogens with one attached hydrogen (secondary N) is 1. The maximum atomic E-state index is 12.5. The van der Waals surface area contributed by atoms with Gasteiger partial charge in [-0.25, -0.2) is 14.3 Å². The van der Waals surface area contributed by atoms with Crippen LogP contribution in [0.25, 0.3) is 5.52 Å². The molecule has 3 heterocycles. The van der Waals surface area contributed by atoms with Crippen LogP contribution in [0.1, 0.15) is 45.7 Å². The van der Waals surface area contributed by atoms with Crippen LogP contribution < -0.4 is 5.32 Å². The van der Waals surface area contributed by atoms with Crippen LogP contribution in [0.3, 0.4) is 0 Å². The summed E-state index contributed by atoms with van der Waals surface area (Å²) < 4.78 is 17.6. The number of fused-ring (bicyclic) bond motifs is 1. The van der Waals surface area contributed by atoms with Gasteiger partial charge in [0.2, 0.25) is 11.5 Å². The third-order valence-corrected chi connectivity index (χ3v) is 5.87. The number of aliphatic hydroxyl groups is 2. The number of unbranched alkanes of at least 4 members (excludes halogenated alkanes) is 1. The zero-order valence-corrected chi connectivity index (χ0v) is 19.5. The van der Waals surface area contributed by atoms with Gasteiger partial charge in [-0.15, -0.1) is 0 Å². The van der Waals surface area contributed by atoms with Crippen LogP contribution in [0.15, 0.2) is 18.5 Å². The van der Waals surface area contributed by atoms with E-state index in [1.54, 1.807) is 6.07 Å². The summed E-state index contributed by atoms with van der Waals surface area (Å²) in [7, 11) is 1.33. The number of nitriles is 1. The van der Waals surface area contributed by atoms with E-state index in [1.807, 2.05) is 13.0 Å². The third-order valence-electron chi connectivity index (χ3n) is 5.87. The Hall–Kier alpha value is -3.11. The fourth-order valence-corrected chi connectivity index (χ4v) is 3.65. The number of nitrogens with zero attached hydrogens (tertiary/aromatic N) is 4. The summed E-state index contributed by atoms with van der Waals surface area (Å²) in [5.41, 5.74) is -2.86. The van der Waals surface area contributed by atoms with E-state index >= 15 is 0 Å². The lowest BCUT2D eigenvalue weighted by molar-refractivity contribution is -0.177. The lowest BCUT2D eigenvalue weighted by Crippen LogP contribution is -2.46. The first-order valence-corrected chi connectivity index (χ1v) is 10.9. The van der Waals surface area contributed by atoms with Gasteiger partial charge in [-0.1, -0.05) is 13.3 Å². The first-order valence-electron chi connectivity index (χ1n) is 10.9. The summed E-state index contributed by atoms with van der Waals surface area (Å²) in [5.74, 6) is -0.786. The molecule has 0 spiro atoms. The predicted molar refractivity (Wildman–Crippen MR) is 117 cm³/mol. The molecule has 1 aliphatic rings. The lowest BCUT2D eigenvalue weighted by Gasteiger charge is -2.27. The van der Waals surface area contributed by atoms with Crippen LogP contribution in [-0.2, 0) is 29.4 Å². The van der Waals surface area contributed by atoms with Gasteiger partial charge in [0, 0.05) is 13.5 Å². The van der Waals surface area contributed by atoms with Crippen molar-refractivity contribution in [3.8, 4) is 6.07 Å². The molecule has 0 bridgehead atoms. The maximum absolute atomic E-state index is 12.5. The lowest BCUT2D eigenvalue weighted by atomic mass is 9.92. The van der Waals surface area contributed by atoms with E-state index in [9.17, 15) is 25.1 Å². The summed E-state index contributed by atoms with van der Waals surface area (Å²) in [5, 5.41) is 37.9. The summed E-state index contributed by atoms with van der Waals surface area (Å²) in [6.07, 6.45) is -1.10. The molecule has 4 atom stereocenters. The van der Waals surface area contributed by atoms with E-state index in [-0.39, 0.29) is 17.4 Å². The number of aliphatic hydroxyl groups excluding tert-OH is 2. The highest BCUT2D eigenvalue weighted by molar-refractivity contribution is 5.93. The van der Waals surface area contributed by atoms with Crippen LogP contribution in [0, 0.1) is 11.3 Å². The molecule has 1 fully saturated rings. The Labute approximate surface area is 196 Å². The van der Waals surface area contributed by atoms with Gasteiger partial charge in [-0.2, -0.15) is 10.4 Å². The van der Waals surface area contributed by atoms with Gasteiger partial charge in [-0.05, 0) is 32.4 Å². The normalized spacial score (nSPS) is 24.7. The van der Waals surface area contributed by atoms with Crippen LogP contribution in [-0.4, -0.2) is 74.3 Å². The fourth-order valence-electron chi connectivity index (χ4n) is 3.65. The molecule has 12 heteroatoms. The van der Waals surface area contributed by atoms with Gasteiger partial charge in [0.15, 0.2) is 17.5 Å². The average molecular weight is 476 g/mol. The third kappa shape index (κ3) is 4.47. The highest BCUT2D eigenvalue weighted by Gasteiger charge is 2.60. The first-order chi connectivity index (χ1) is 16.1. The van der Waals surface area contributed by atoms with Gasteiger partial charge in [0.05, 0.1) is 12.3 Å². The zero-order valence-electron chi connectivity index (χ0n) is 19.5. The molecule has 0 saturated carbocycles. The number of carbonyl (C=O) groups is 2. The van der Waals surface area contributed by atoms with Crippen molar-refractivity contribution in [1.82, 2.24) is 14.6 Å². The van der Waals surface area contributed by atoms with Gasteiger partial charge in [0.25, 0.3) is 0 Å². The Morgan fingerprint density at radius 1 is 1.41 bits per heavy atom. The van der Waals surface area contributed by atoms with Crippen molar-refractivity contribution in [1.29, 1.82) is 5.26 Å². The van der Waals surface area contributed by atoms with Crippen molar-refractivity contribution in [2.75, 3.05) is 19.0 Å². The Morgan fingerprint density at radius 3 is 2.76 bits per heavy atom. The van der Waals surface area contributed by atoms with Crippen molar-refractivity contribution in [2.45, 2.75) is 69.5 Å². The number of hydrogen-bond acceptors (Lipinski definition) is 10. The van der Waals surface area contributed by atoms with Gasteiger partial charge in [-0.3, -0.25) is 4.79 Å². The van der Waals surface area contributed by atoms with Crippen molar-refractivity contribution in [3.63, 3.8) is 0 Å². The number of hydrogen-bond donors (Lipinski definition) is 3. The molecule has 1 aliphatic heterocycles. The van der Waals surface area contributed by atoms with Crippen LogP contribution >= 0.6 is 0 Å². The van der Waals surface area contributed by atoms with E-state index < -0.39 is 42.1 Å². The van der Waals surface area contributed by atoms with Crippen molar-refractivity contribution >= 4 is 23.2 Å².